The molecule has 4 heteroatoms. The largest absolute Gasteiger partial charge is 0.380 e. The minimum absolute atomic E-state index is 0.558. The molecule has 0 saturated carbocycles. The molecule has 1 atom stereocenters. The average Bonchev–Trinajstić information content (AvgIpc) is 2.56. The van der Waals surface area contributed by atoms with Crippen LogP contribution in [0.5, 0.6) is 0 Å². The fourth-order valence-corrected chi connectivity index (χ4v) is 2.16. The van der Waals surface area contributed by atoms with Crippen LogP contribution < -0.4 is 5.32 Å². The minimum Gasteiger partial charge on any atom is -0.380 e. The number of ether oxygens (including phenoxy) is 2. The molecule has 1 unspecified atom stereocenters. The maximum Gasteiger partial charge on any atom is 0.0620 e. The predicted octanol–water partition coefficient (Wildman–Crippen LogP) is 0.0872. The van der Waals surface area contributed by atoms with E-state index in [2.05, 4.69) is 10.2 Å². The van der Waals surface area contributed by atoms with Gasteiger partial charge in [-0.3, -0.25) is 0 Å². The van der Waals surface area contributed by atoms with Crippen molar-refractivity contribution in [3.63, 3.8) is 0 Å². The zero-order valence-electron chi connectivity index (χ0n) is 9.41. The monoisotopic (exact) mass is 214 g/mol. The third-order valence-electron chi connectivity index (χ3n) is 3.11. The van der Waals surface area contributed by atoms with Gasteiger partial charge in [0, 0.05) is 32.3 Å². The van der Waals surface area contributed by atoms with Crippen LogP contribution in [-0.2, 0) is 9.47 Å². The van der Waals surface area contributed by atoms with E-state index >= 15 is 0 Å². The summed E-state index contributed by atoms with van der Waals surface area (Å²) in [6, 6.07) is 0.558. The molecular weight excluding hydrogens is 192 g/mol. The highest BCUT2D eigenvalue weighted by Crippen LogP contribution is 2.04. The number of rotatable bonds is 3. The number of morpholine rings is 1. The van der Waals surface area contributed by atoms with E-state index in [-0.39, 0.29) is 0 Å². The summed E-state index contributed by atoms with van der Waals surface area (Å²) in [5.74, 6) is 0. The van der Waals surface area contributed by atoms with E-state index in [1.54, 1.807) is 0 Å². The standard InChI is InChI=1S/C11H22N2O2/c1-4-13(6-9-14-7-1)5-2-11-10-15-8-3-12-11/h11-12H,1-10H2. The highest BCUT2D eigenvalue weighted by atomic mass is 16.5. The van der Waals surface area contributed by atoms with Crippen molar-refractivity contribution in [1.29, 1.82) is 0 Å². The van der Waals surface area contributed by atoms with Crippen LogP contribution in [0.4, 0.5) is 0 Å². The van der Waals surface area contributed by atoms with Crippen molar-refractivity contribution < 1.29 is 9.47 Å². The Bertz CT molecular complexity index is 164. The van der Waals surface area contributed by atoms with Crippen LogP contribution in [0, 0.1) is 0 Å². The van der Waals surface area contributed by atoms with Gasteiger partial charge < -0.3 is 19.7 Å². The average molecular weight is 214 g/mol. The summed E-state index contributed by atoms with van der Waals surface area (Å²) in [6.45, 7) is 8.04. The van der Waals surface area contributed by atoms with E-state index in [4.69, 9.17) is 9.47 Å². The van der Waals surface area contributed by atoms with Gasteiger partial charge in [0.15, 0.2) is 0 Å². The molecular formula is C11H22N2O2. The zero-order chi connectivity index (χ0) is 10.3. The van der Waals surface area contributed by atoms with Crippen LogP contribution >= 0.6 is 0 Å². The lowest BCUT2D eigenvalue weighted by Gasteiger charge is -2.26. The van der Waals surface area contributed by atoms with Crippen molar-refractivity contribution in [3.8, 4) is 0 Å². The molecule has 4 nitrogen and oxygen atoms in total. The first-order valence-corrected chi connectivity index (χ1v) is 6.06. The molecule has 2 fully saturated rings. The molecule has 0 spiro atoms. The fourth-order valence-electron chi connectivity index (χ4n) is 2.16. The van der Waals surface area contributed by atoms with Crippen molar-refractivity contribution in [3.05, 3.63) is 0 Å². The molecule has 0 amide bonds. The van der Waals surface area contributed by atoms with E-state index in [0.29, 0.717) is 6.04 Å². The van der Waals surface area contributed by atoms with E-state index in [9.17, 15) is 0 Å². The first kappa shape index (κ1) is 11.3. The van der Waals surface area contributed by atoms with Gasteiger partial charge in [0.1, 0.15) is 0 Å². The van der Waals surface area contributed by atoms with Crippen LogP contribution in [0.3, 0.4) is 0 Å². The van der Waals surface area contributed by atoms with Gasteiger partial charge in [-0.25, -0.2) is 0 Å². The number of nitrogens with one attached hydrogen (secondary N) is 1. The molecule has 88 valence electrons. The predicted molar refractivity (Wildman–Crippen MR) is 59.1 cm³/mol. The highest BCUT2D eigenvalue weighted by molar-refractivity contribution is 4.72. The van der Waals surface area contributed by atoms with Crippen molar-refractivity contribution in [2.45, 2.75) is 18.9 Å². The van der Waals surface area contributed by atoms with Gasteiger partial charge in [0.25, 0.3) is 0 Å². The van der Waals surface area contributed by atoms with E-state index < -0.39 is 0 Å². The van der Waals surface area contributed by atoms with Gasteiger partial charge in [-0.1, -0.05) is 0 Å². The molecule has 15 heavy (non-hydrogen) atoms. The third-order valence-corrected chi connectivity index (χ3v) is 3.11. The molecule has 0 aromatic rings. The Morgan fingerprint density at radius 2 is 2.13 bits per heavy atom. The summed E-state index contributed by atoms with van der Waals surface area (Å²) in [4.78, 5) is 2.50. The molecule has 2 saturated heterocycles. The maximum atomic E-state index is 5.44. The van der Waals surface area contributed by atoms with Gasteiger partial charge in [0.05, 0.1) is 19.8 Å². The summed E-state index contributed by atoms with van der Waals surface area (Å²) in [5, 5.41) is 3.49. The van der Waals surface area contributed by atoms with Gasteiger partial charge in [-0.2, -0.15) is 0 Å². The Morgan fingerprint density at radius 1 is 1.13 bits per heavy atom. The van der Waals surface area contributed by atoms with E-state index in [1.165, 1.54) is 25.9 Å². The smallest absolute Gasteiger partial charge is 0.0620 e. The van der Waals surface area contributed by atoms with Gasteiger partial charge in [-0.15, -0.1) is 0 Å². The van der Waals surface area contributed by atoms with Gasteiger partial charge in [0.2, 0.25) is 0 Å². The molecule has 0 aromatic carbocycles. The minimum atomic E-state index is 0.558. The molecule has 0 radical (unpaired) electrons. The Kier molecular flexibility index (Phi) is 4.86. The lowest BCUT2D eigenvalue weighted by atomic mass is 10.2. The molecule has 2 heterocycles. The van der Waals surface area contributed by atoms with E-state index in [0.717, 1.165) is 39.5 Å². The molecule has 0 bridgehead atoms. The number of nitrogens with zero attached hydrogens (tertiary/aromatic N) is 1. The lowest BCUT2D eigenvalue weighted by molar-refractivity contribution is 0.0695. The molecule has 2 aliphatic rings. The second-order valence-corrected chi connectivity index (χ2v) is 4.32. The van der Waals surface area contributed by atoms with Crippen LogP contribution in [-0.4, -0.2) is 63.5 Å². The number of hydrogen-bond donors (Lipinski definition) is 1. The van der Waals surface area contributed by atoms with Crippen molar-refractivity contribution >= 4 is 0 Å². The maximum absolute atomic E-state index is 5.44. The summed E-state index contributed by atoms with van der Waals surface area (Å²) in [7, 11) is 0. The lowest BCUT2D eigenvalue weighted by Crippen LogP contribution is -2.43. The van der Waals surface area contributed by atoms with Crippen LogP contribution in [0.2, 0.25) is 0 Å². The van der Waals surface area contributed by atoms with Crippen molar-refractivity contribution in [2.75, 3.05) is 52.6 Å². The Morgan fingerprint density at radius 3 is 3.00 bits per heavy atom. The summed E-state index contributed by atoms with van der Waals surface area (Å²) < 4.78 is 10.9. The number of hydrogen-bond acceptors (Lipinski definition) is 4. The topological polar surface area (TPSA) is 33.7 Å². The summed E-state index contributed by atoms with van der Waals surface area (Å²) in [6.07, 6.45) is 2.37. The second kappa shape index (κ2) is 6.43. The Labute approximate surface area is 91.9 Å². The SMILES string of the molecule is C1COCCN(CCC2COCCN2)C1. The van der Waals surface area contributed by atoms with Crippen LogP contribution in [0.25, 0.3) is 0 Å². The van der Waals surface area contributed by atoms with Gasteiger partial charge >= 0.3 is 0 Å². The summed E-state index contributed by atoms with van der Waals surface area (Å²) >= 11 is 0. The highest BCUT2D eigenvalue weighted by Gasteiger charge is 2.15. The van der Waals surface area contributed by atoms with Crippen LogP contribution in [0.1, 0.15) is 12.8 Å². The molecule has 2 aliphatic heterocycles. The second-order valence-electron chi connectivity index (χ2n) is 4.32. The molecule has 2 rings (SSSR count). The molecule has 1 N–H and O–H groups in total. The Hall–Kier alpha value is -0.160. The third kappa shape index (κ3) is 4.07. The molecule has 0 aliphatic carbocycles. The first-order valence-electron chi connectivity index (χ1n) is 6.06. The molecule has 0 aromatic heterocycles. The van der Waals surface area contributed by atoms with Crippen molar-refractivity contribution in [1.82, 2.24) is 10.2 Å². The quantitative estimate of drug-likeness (QED) is 0.722. The first-order chi connectivity index (χ1) is 7.45. The van der Waals surface area contributed by atoms with Crippen LogP contribution in [0.15, 0.2) is 0 Å². The van der Waals surface area contributed by atoms with Crippen molar-refractivity contribution in [2.24, 2.45) is 0 Å². The Balaban J connectivity index is 1.62. The zero-order valence-corrected chi connectivity index (χ0v) is 9.41. The summed E-state index contributed by atoms with van der Waals surface area (Å²) in [5.41, 5.74) is 0. The van der Waals surface area contributed by atoms with Gasteiger partial charge in [-0.05, 0) is 19.4 Å². The van der Waals surface area contributed by atoms with E-state index in [1.807, 2.05) is 0 Å². The fraction of sp³-hybridized carbons (Fsp3) is 1.00. The normalized spacial score (nSPS) is 30.0.